The number of carboxylic acids is 1. The minimum absolute atomic E-state index is 0.0248. The third kappa shape index (κ3) is 0.999. The molecule has 0 aliphatic heterocycles. The van der Waals surface area contributed by atoms with Crippen molar-refractivity contribution in [2.75, 3.05) is 0 Å². The summed E-state index contributed by atoms with van der Waals surface area (Å²) < 4.78 is 5.15. The molecule has 0 unspecified atom stereocenters. The van der Waals surface area contributed by atoms with E-state index < -0.39 is 11.4 Å². The lowest BCUT2D eigenvalue weighted by Crippen LogP contribution is -2.48. The molecule has 1 aliphatic carbocycles. The van der Waals surface area contributed by atoms with Gasteiger partial charge in [-0.3, -0.25) is 9.59 Å². The van der Waals surface area contributed by atoms with Gasteiger partial charge < -0.3 is 9.52 Å². The summed E-state index contributed by atoms with van der Waals surface area (Å²) in [6.45, 7) is 1.78. The van der Waals surface area contributed by atoms with Gasteiger partial charge in [-0.25, -0.2) is 0 Å². The van der Waals surface area contributed by atoms with Crippen LogP contribution in [0.2, 0.25) is 0 Å². The third-order valence-electron chi connectivity index (χ3n) is 2.70. The highest BCUT2D eigenvalue weighted by Crippen LogP contribution is 2.43. The molecule has 0 spiro atoms. The normalized spacial score (nSPS) is 19.1. The standard InChI is InChI=1S/C10H10O4/c1-6-2-3-14-8(6)10(9(12)13)4-7(11)5-10/h2-3H,4-5H2,1H3,(H,12,13). The minimum atomic E-state index is -1.09. The molecule has 2 rings (SSSR count). The summed E-state index contributed by atoms with van der Waals surface area (Å²) in [6, 6.07) is 1.71. The monoisotopic (exact) mass is 194 g/mol. The van der Waals surface area contributed by atoms with Gasteiger partial charge in [-0.15, -0.1) is 0 Å². The number of rotatable bonds is 2. The van der Waals surface area contributed by atoms with Gasteiger partial charge in [-0.05, 0) is 18.6 Å². The molecule has 14 heavy (non-hydrogen) atoms. The SMILES string of the molecule is Cc1ccoc1C1(C(=O)O)CC(=O)C1. The fourth-order valence-corrected chi connectivity index (χ4v) is 1.89. The van der Waals surface area contributed by atoms with Gasteiger partial charge in [-0.1, -0.05) is 0 Å². The van der Waals surface area contributed by atoms with E-state index in [2.05, 4.69) is 0 Å². The number of aryl methyl sites for hydroxylation is 1. The van der Waals surface area contributed by atoms with Crippen LogP contribution in [-0.4, -0.2) is 16.9 Å². The van der Waals surface area contributed by atoms with Gasteiger partial charge in [0.05, 0.1) is 6.26 Å². The summed E-state index contributed by atoms with van der Waals surface area (Å²) in [4.78, 5) is 22.0. The number of hydrogen-bond donors (Lipinski definition) is 1. The summed E-state index contributed by atoms with van der Waals surface area (Å²) in [6.07, 6.45) is 1.56. The predicted molar refractivity (Wildman–Crippen MR) is 47.0 cm³/mol. The number of furan rings is 1. The van der Waals surface area contributed by atoms with Crippen LogP contribution >= 0.6 is 0 Å². The number of carboxylic acid groups (broad SMARTS) is 1. The van der Waals surface area contributed by atoms with Crippen molar-refractivity contribution in [3.63, 3.8) is 0 Å². The molecule has 0 atom stereocenters. The number of aliphatic carboxylic acids is 1. The van der Waals surface area contributed by atoms with E-state index in [0.29, 0.717) is 5.76 Å². The van der Waals surface area contributed by atoms with Crippen molar-refractivity contribution in [1.82, 2.24) is 0 Å². The summed E-state index contributed by atoms with van der Waals surface area (Å²) in [5.41, 5.74) is -0.301. The van der Waals surface area contributed by atoms with Crippen molar-refractivity contribution in [1.29, 1.82) is 0 Å². The minimum Gasteiger partial charge on any atom is -0.480 e. The molecule has 1 aromatic heterocycles. The first-order chi connectivity index (χ1) is 6.56. The Kier molecular flexibility index (Phi) is 1.74. The molecule has 1 N–H and O–H groups in total. The van der Waals surface area contributed by atoms with Crippen LogP contribution in [0.3, 0.4) is 0 Å². The van der Waals surface area contributed by atoms with E-state index in [1.807, 2.05) is 0 Å². The lowest BCUT2D eigenvalue weighted by molar-refractivity contribution is -0.154. The smallest absolute Gasteiger partial charge is 0.318 e. The van der Waals surface area contributed by atoms with E-state index in [9.17, 15) is 9.59 Å². The van der Waals surface area contributed by atoms with Crippen molar-refractivity contribution in [3.8, 4) is 0 Å². The maximum atomic E-state index is 11.1. The molecule has 0 saturated heterocycles. The highest BCUT2D eigenvalue weighted by Gasteiger charge is 2.54. The van der Waals surface area contributed by atoms with E-state index >= 15 is 0 Å². The van der Waals surface area contributed by atoms with E-state index in [1.165, 1.54) is 6.26 Å². The molecular weight excluding hydrogens is 184 g/mol. The van der Waals surface area contributed by atoms with Crippen LogP contribution < -0.4 is 0 Å². The number of hydrogen-bond acceptors (Lipinski definition) is 3. The first-order valence-electron chi connectivity index (χ1n) is 4.36. The average molecular weight is 194 g/mol. The number of Topliss-reactive ketones (excluding diaryl/α,β-unsaturated/α-hetero) is 1. The molecule has 74 valence electrons. The lowest BCUT2D eigenvalue weighted by atomic mass is 9.65. The Balaban J connectivity index is 2.44. The Morgan fingerprint density at radius 2 is 2.21 bits per heavy atom. The average Bonchev–Trinajstić information content (AvgIpc) is 2.45. The molecule has 1 aliphatic rings. The fourth-order valence-electron chi connectivity index (χ4n) is 1.89. The quantitative estimate of drug-likeness (QED) is 0.769. The van der Waals surface area contributed by atoms with Crippen LogP contribution in [-0.2, 0) is 15.0 Å². The largest absolute Gasteiger partial charge is 0.480 e. The molecule has 0 radical (unpaired) electrons. The van der Waals surface area contributed by atoms with Crippen LogP contribution in [0.25, 0.3) is 0 Å². The lowest BCUT2D eigenvalue weighted by Gasteiger charge is -2.34. The van der Waals surface area contributed by atoms with Crippen molar-refractivity contribution in [2.45, 2.75) is 25.2 Å². The number of carbonyl (C=O) groups is 2. The van der Waals surface area contributed by atoms with Gasteiger partial charge in [0.15, 0.2) is 0 Å². The highest BCUT2D eigenvalue weighted by molar-refractivity contribution is 6.01. The van der Waals surface area contributed by atoms with Crippen molar-refractivity contribution in [2.24, 2.45) is 0 Å². The first kappa shape index (κ1) is 8.99. The molecule has 1 saturated carbocycles. The molecule has 1 aromatic rings. The van der Waals surface area contributed by atoms with Gasteiger partial charge in [0, 0.05) is 12.8 Å². The maximum Gasteiger partial charge on any atom is 0.318 e. The van der Waals surface area contributed by atoms with Gasteiger partial charge in [-0.2, -0.15) is 0 Å². The van der Waals surface area contributed by atoms with Gasteiger partial charge in [0.2, 0.25) is 0 Å². The van der Waals surface area contributed by atoms with Crippen LogP contribution in [0.5, 0.6) is 0 Å². The third-order valence-corrected chi connectivity index (χ3v) is 2.70. The Hall–Kier alpha value is -1.58. The first-order valence-corrected chi connectivity index (χ1v) is 4.36. The maximum absolute atomic E-state index is 11.1. The summed E-state index contributed by atoms with van der Waals surface area (Å²) in [5.74, 6) is -0.581. The second-order valence-electron chi connectivity index (χ2n) is 3.71. The van der Waals surface area contributed by atoms with Crippen LogP contribution in [0.15, 0.2) is 16.7 Å². The highest BCUT2D eigenvalue weighted by atomic mass is 16.4. The van der Waals surface area contributed by atoms with E-state index in [0.717, 1.165) is 5.56 Å². The Labute approximate surface area is 80.5 Å². The Morgan fingerprint density at radius 1 is 1.57 bits per heavy atom. The number of ketones is 1. The molecule has 4 nitrogen and oxygen atoms in total. The summed E-state index contributed by atoms with van der Waals surface area (Å²) in [7, 11) is 0. The van der Waals surface area contributed by atoms with Crippen molar-refractivity contribution in [3.05, 3.63) is 23.7 Å². The molecule has 0 amide bonds. The fraction of sp³-hybridized carbons (Fsp3) is 0.400. The van der Waals surface area contributed by atoms with Crippen LogP contribution in [0, 0.1) is 6.92 Å². The predicted octanol–water partition coefficient (Wildman–Crippen LogP) is 1.27. The van der Waals surface area contributed by atoms with Crippen molar-refractivity contribution < 1.29 is 19.1 Å². The molecule has 0 bridgehead atoms. The molecule has 0 aromatic carbocycles. The zero-order valence-electron chi connectivity index (χ0n) is 7.74. The Morgan fingerprint density at radius 3 is 2.57 bits per heavy atom. The zero-order valence-corrected chi connectivity index (χ0v) is 7.74. The van der Waals surface area contributed by atoms with Gasteiger partial charge in [0.25, 0.3) is 0 Å². The van der Waals surface area contributed by atoms with Crippen molar-refractivity contribution >= 4 is 11.8 Å². The van der Waals surface area contributed by atoms with Crippen LogP contribution in [0.4, 0.5) is 0 Å². The van der Waals surface area contributed by atoms with Gasteiger partial charge >= 0.3 is 5.97 Å². The van der Waals surface area contributed by atoms with Gasteiger partial charge in [0.1, 0.15) is 17.0 Å². The van der Waals surface area contributed by atoms with E-state index in [4.69, 9.17) is 9.52 Å². The second kappa shape index (κ2) is 2.70. The molecule has 4 heteroatoms. The second-order valence-corrected chi connectivity index (χ2v) is 3.71. The molecule has 1 fully saturated rings. The summed E-state index contributed by atoms with van der Waals surface area (Å²) in [5, 5.41) is 9.09. The topological polar surface area (TPSA) is 67.5 Å². The zero-order chi connectivity index (χ0) is 10.3. The Bertz CT molecular complexity index is 394. The van der Waals surface area contributed by atoms with E-state index in [-0.39, 0.29) is 18.6 Å². The number of carbonyl (C=O) groups excluding carboxylic acids is 1. The summed E-state index contributed by atoms with van der Waals surface area (Å²) >= 11 is 0. The van der Waals surface area contributed by atoms with E-state index in [1.54, 1.807) is 13.0 Å². The molecule has 1 heterocycles. The van der Waals surface area contributed by atoms with Crippen LogP contribution in [0.1, 0.15) is 24.2 Å². The molecular formula is C10H10O4.